The number of rotatable bonds is 2. The highest BCUT2D eigenvalue weighted by molar-refractivity contribution is 6.33. The van der Waals surface area contributed by atoms with Crippen LogP contribution in [0, 0.1) is 18.6 Å². The van der Waals surface area contributed by atoms with Gasteiger partial charge in [0.25, 0.3) is 0 Å². The van der Waals surface area contributed by atoms with E-state index in [0.717, 1.165) is 12.1 Å². The molecule has 0 saturated carbocycles. The Balaban J connectivity index is 2.59. The first-order chi connectivity index (χ1) is 8.90. The van der Waals surface area contributed by atoms with Crippen LogP contribution in [0.5, 0.6) is 0 Å². The molecule has 0 aliphatic heterocycles. The Labute approximate surface area is 113 Å². The van der Waals surface area contributed by atoms with Crippen molar-refractivity contribution in [2.45, 2.75) is 6.92 Å². The Kier molecular flexibility index (Phi) is 3.53. The number of aromatic carboxylic acids is 1. The monoisotopic (exact) mass is 282 g/mol. The third-order valence-electron chi connectivity index (χ3n) is 2.75. The minimum atomic E-state index is -1.14. The quantitative estimate of drug-likeness (QED) is 0.892. The van der Waals surface area contributed by atoms with Crippen molar-refractivity contribution < 1.29 is 18.7 Å². The molecule has 5 heteroatoms. The van der Waals surface area contributed by atoms with E-state index in [-0.39, 0.29) is 27.3 Å². The van der Waals surface area contributed by atoms with Crippen LogP contribution in [0.15, 0.2) is 30.3 Å². The van der Waals surface area contributed by atoms with Gasteiger partial charge in [-0.15, -0.1) is 0 Å². The first-order valence-corrected chi connectivity index (χ1v) is 5.77. The van der Waals surface area contributed by atoms with Gasteiger partial charge in [-0.2, -0.15) is 0 Å². The van der Waals surface area contributed by atoms with Gasteiger partial charge in [-0.1, -0.05) is 17.7 Å². The molecule has 0 fully saturated rings. The fraction of sp³-hybridized carbons (Fsp3) is 0.0714. The lowest BCUT2D eigenvalue weighted by molar-refractivity contribution is 0.0697. The van der Waals surface area contributed by atoms with Crippen LogP contribution < -0.4 is 0 Å². The maximum atomic E-state index is 13.8. The van der Waals surface area contributed by atoms with Crippen molar-refractivity contribution in [1.82, 2.24) is 0 Å². The molecule has 2 rings (SSSR count). The highest BCUT2D eigenvalue weighted by atomic mass is 35.5. The molecule has 0 aromatic heterocycles. The van der Waals surface area contributed by atoms with Crippen LogP contribution in [-0.4, -0.2) is 11.1 Å². The summed E-state index contributed by atoms with van der Waals surface area (Å²) in [5, 5.41) is 8.87. The van der Waals surface area contributed by atoms with Crippen LogP contribution in [0.1, 0.15) is 15.9 Å². The van der Waals surface area contributed by atoms with Crippen molar-refractivity contribution in [1.29, 1.82) is 0 Å². The molecule has 0 radical (unpaired) electrons. The molecule has 2 nitrogen and oxygen atoms in total. The van der Waals surface area contributed by atoms with Gasteiger partial charge in [-0.05, 0) is 36.8 Å². The summed E-state index contributed by atoms with van der Waals surface area (Å²) in [6, 6.07) is 5.98. The smallest absolute Gasteiger partial charge is 0.335 e. The van der Waals surface area contributed by atoms with Crippen LogP contribution >= 0.6 is 11.6 Å². The van der Waals surface area contributed by atoms with Crippen molar-refractivity contribution in [3.05, 3.63) is 58.1 Å². The number of halogens is 3. The van der Waals surface area contributed by atoms with E-state index in [9.17, 15) is 13.6 Å². The maximum Gasteiger partial charge on any atom is 0.335 e. The van der Waals surface area contributed by atoms with Crippen LogP contribution in [0.2, 0.25) is 5.02 Å². The van der Waals surface area contributed by atoms with Crippen molar-refractivity contribution in [2.24, 2.45) is 0 Å². The summed E-state index contributed by atoms with van der Waals surface area (Å²) >= 11 is 5.92. The zero-order valence-corrected chi connectivity index (χ0v) is 10.6. The van der Waals surface area contributed by atoms with Gasteiger partial charge in [0.15, 0.2) is 0 Å². The van der Waals surface area contributed by atoms with Gasteiger partial charge in [0.05, 0.1) is 5.56 Å². The fourth-order valence-electron chi connectivity index (χ4n) is 1.72. The van der Waals surface area contributed by atoms with E-state index in [1.807, 2.05) is 0 Å². The normalized spacial score (nSPS) is 10.5. The lowest BCUT2D eigenvalue weighted by Gasteiger charge is -2.08. The third kappa shape index (κ3) is 2.58. The molecule has 0 atom stereocenters. The molecule has 19 heavy (non-hydrogen) atoms. The number of hydrogen-bond donors (Lipinski definition) is 1. The summed E-state index contributed by atoms with van der Waals surface area (Å²) in [4.78, 5) is 10.8. The van der Waals surface area contributed by atoms with Crippen molar-refractivity contribution >= 4 is 17.6 Å². The molecule has 2 aromatic rings. The summed E-state index contributed by atoms with van der Waals surface area (Å²) in [6.07, 6.45) is 0. The van der Waals surface area contributed by atoms with Crippen molar-refractivity contribution in [3.8, 4) is 11.1 Å². The highest BCUT2D eigenvalue weighted by Crippen LogP contribution is 2.32. The van der Waals surface area contributed by atoms with E-state index in [1.54, 1.807) is 0 Å². The molecule has 0 aliphatic rings. The summed E-state index contributed by atoms with van der Waals surface area (Å²) in [7, 11) is 0. The van der Waals surface area contributed by atoms with Gasteiger partial charge in [0.2, 0.25) is 0 Å². The van der Waals surface area contributed by atoms with E-state index in [0.29, 0.717) is 0 Å². The Hall–Kier alpha value is -1.94. The van der Waals surface area contributed by atoms with Gasteiger partial charge < -0.3 is 5.11 Å². The largest absolute Gasteiger partial charge is 0.478 e. The second-order valence-corrected chi connectivity index (χ2v) is 4.49. The van der Waals surface area contributed by atoms with Crippen LogP contribution in [0.3, 0.4) is 0 Å². The van der Waals surface area contributed by atoms with Crippen molar-refractivity contribution in [3.63, 3.8) is 0 Å². The summed E-state index contributed by atoms with van der Waals surface area (Å²) in [5.41, 5.74) is 0.439. The Morgan fingerprint density at radius 3 is 2.37 bits per heavy atom. The number of hydrogen-bond acceptors (Lipinski definition) is 1. The van der Waals surface area contributed by atoms with Crippen LogP contribution in [0.25, 0.3) is 11.1 Å². The average molecular weight is 283 g/mol. The Morgan fingerprint density at radius 1 is 1.11 bits per heavy atom. The minimum absolute atomic E-state index is 0.00467. The number of aryl methyl sites for hydroxylation is 1. The molecule has 0 amide bonds. The van der Waals surface area contributed by atoms with E-state index < -0.39 is 17.6 Å². The molecule has 0 unspecified atom stereocenters. The molecule has 0 bridgehead atoms. The van der Waals surface area contributed by atoms with E-state index in [4.69, 9.17) is 16.7 Å². The minimum Gasteiger partial charge on any atom is -0.478 e. The van der Waals surface area contributed by atoms with Gasteiger partial charge in [0.1, 0.15) is 11.6 Å². The van der Waals surface area contributed by atoms with E-state index >= 15 is 0 Å². The Bertz CT molecular complexity index is 669. The van der Waals surface area contributed by atoms with Gasteiger partial charge in [0, 0.05) is 16.1 Å². The van der Waals surface area contributed by atoms with Crippen LogP contribution in [0.4, 0.5) is 8.78 Å². The molecular weight excluding hydrogens is 274 g/mol. The third-order valence-corrected chi connectivity index (χ3v) is 3.07. The van der Waals surface area contributed by atoms with E-state index in [2.05, 4.69) is 0 Å². The second-order valence-electron chi connectivity index (χ2n) is 4.08. The lowest BCUT2D eigenvalue weighted by Crippen LogP contribution is -1.97. The van der Waals surface area contributed by atoms with Gasteiger partial charge in [-0.3, -0.25) is 0 Å². The number of carboxylic acids is 1. The highest BCUT2D eigenvalue weighted by Gasteiger charge is 2.14. The second kappa shape index (κ2) is 4.97. The number of carbonyl (C=O) groups is 1. The lowest BCUT2D eigenvalue weighted by atomic mass is 10.0. The Morgan fingerprint density at radius 2 is 1.79 bits per heavy atom. The zero-order valence-electron chi connectivity index (χ0n) is 9.88. The molecule has 1 N–H and O–H groups in total. The topological polar surface area (TPSA) is 37.3 Å². The number of carboxylic acid groups (broad SMARTS) is 1. The molecule has 0 spiro atoms. The first kappa shape index (κ1) is 13.5. The molecule has 2 aromatic carbocycles. The van der Waals surface area contributed by atoms with E-state index in [1.165, 1.54) is 25.1 Å². The predicted molar refractivity (Wildman–Crippen MR) is 68.5 cm³/mol. The summed E-state index contributed by atoms with van der Waals surface area (Å²) in [5.74, 6) is -2.29. The van der Waals surface area contributed by atoms with Gasteiger partial charge >= 0.3 is 5.97 Å². The molecule has 98 valence electrons. The number of benzene rings is 2. The molecule has 0 heterocycles. The zero-order chi connectivity index (χ0) is 14.2. The SMILES string of the molecule is Cc1cc(F)c(-c2ccc(C(=O)O)cc2Cl)cc1F. The summed E-state index contributed by atoms with van der Waals surface area (Å²) < 4.78 is 27.3. The maximum absolute atomic E-state index is 13.8. The molecule has 0 aliphatic carbocycles. The fourth-order valence-corrected chi connectivity index (χ4v) is 2.00. The predicted octanol–water partition coefficient (Wildman–Crippen LogP) is 4.29. The molecular formula is C14H9ClF2O2. The summed E-state index contributed by atoms with van der Waals surface area (Å²) in [6.45, 7) is 1.46. The molecule has 0 saturated heterocycles. The van der Waals surface area contributed by atoms with Crippen molar-refractivity contribution in [2.75, 3.05) is 0 Å². The average Bonchev–Trinajstić information content (AvgIpc) is 2.34. The van der Waals surface area contributed by atoms with Gasteiger partial charge in [-0.25, -0.2) is 13.6 Å². The first-order valence-electron chi connectivity index (χ1n) is 5.39. The van der Waals surface area contributed by atoms with Crippen LogP contribution in [-0.2, 0) is 0 Å². The standard InChI is InChI=1S/C14H9ClF2O2/c1-7-4-13(17)10(6-12(7)16)9-3-2-8(14(18)19)5-11(9)15/h2-6H,1H3,(H,18,19).